The molecule has 1 aliphatic rings. The Labute approximate surface area is 135 Å². The van der Waals surface area contributed by atoms with Gasteiger partial charge in [-0.25, -0.2) is 8.78 Å². The lowest BCUT2D eigenvalue weighted by atomic mass is 10.0. The highest BCUT2D eigenvalue weighted by atomic mass is 79.9. The lowest BCUT2D eigenvalue weighted by Gasteiger charge is -2.26. The average Bonchev–Trinajstić information content (AvgIpc) is 2.48. The molecule has 0 aromatic heterocycles. The summed E-state index contributed by atoms with van der Waals surface area (Å²) in [6, 6.07) is 10.1. The number of hydrogen-bond acceptors (Lipinski definition) is 2. The van der Waals surface area contributed by atoms with E-state index in [0.29, 0.717) is 11.0 Å². The van der Waals surface area contributed by atoms with Crippen molar-refractivity contribution >= 4 is 27.7 Å². The van der Waals surface area contributed by atoms with E-state index in [4.69, 9.17) is 0 Å². The fraction of sp³-hybridized carbons (Fsp3) is 0.250. The van der Waals surface area contributed by atoms with Crippen LogP contribution in [0.15, 0.2) is 45.8 Å². The first-order chi connectivity index (χ1) is 10.1. The van der Waals surface area contributed by atoms with Crippen LogP contribution in [0.4, 0.5) is 8.78 Å². The third-order valence-electron chi connectivity index (χ3n) is 3.55. The lowest BCUT2D eigenvalue weighted by Crippen LogP contribution is -2.24. The number of benzene rings is 2. The predicted molar refractivity (Wildman–Crippen MR) is 85.4 cm³/mol. The molecule has 21 heavy (non-hydrogen) atoms. The summed E-state index contributed by atoms with van der Waals surface area (Å²) in [4.78, 5) is 1.14. The van der Waals surface area contributed by atoms with Crippen molar-refractivity contribution in [2.45, 2.75) is 23.9 Å². The van der Waals surface area contributed by atoms with Crippen molar-refractivity contribution in [1.82, 2.24) is 5.32 Å². The molecule has 1 atom stereocenters. The van der Waals surface area contributed by atoms with Crippen LogP contribution in [0.2, 0.25) is 0 Å². The first-order valence-corrected chi connectivity index (χ1v) is 8.51. The molecule has 2 aromatic rings. The van der Waals surface area contributed by atoms with Gasteiger partial charge in [0.25, 0.3) is 0 Å². The standard InChI is InChI=1S/C16H14BrF2NS/c17-13-7-10(1-3-14(13)19)9-20-15-5-6-21-16-4-2-11(18)8-12(15)16/h1-4,7-8,15,20H,5-6,9H2. The van der Waals surface area contributed by atoms with Crippen LogP contribution < -0.4 is 5.32 Å². The van der Waals surface area contributed by atoms with E-state index in [1.165, 1.54) is 12.1 Å². The van der Waals surface area contributed by atoms with Crippen LogP contribution in [0.3, 0.4) is 0 Å². The summed E-state index contributed by atoms with van der Waals surface area (Å²) in [5.74, 6) is 0.552. The van der Waals surface area contributed by atoms with E-state index >= 15 is 0 Å². The highest BCUT2D eigenvalue weighted by Gasteiger charge is 2.20. The maximum absolute atomic E-state index is 13.4. The van der Waals surface area contributed by atoms with Gasteiger partial charge < -0.3 is 5.32 Å². The Kier molecular flexibility index (Phi) is 4.62. The van der Waals surface area contributed by atoms with Crippen molar-refractivity contribution < 1.29 is 8.78 Å². The van der Waals surface area contributed by atoms with Crippen molar-refractivity contribution in [1.29, 1.82) is 0 Å². The summed E-state index contributed by atoms with van der Waals surface area (Å²) in [7, 11) is 0. The maximum Gasteiger partial charge on any atom is 0.137 e. The van der Waals surface area contributed by atoms with Gasteiger partial charge in [-0.15, -0.1) is 11.8 Å². The molecule has 0 fully saturated rings. The Morgan fingerprint density at radius 3 is 2.86 bits per heavy atom. The highest BCUT2D eigenvalue weighted by Crippen LogP contribution is 2.36. The first kappa shape index (κ1) is 15.0. The molecule has 2 aromatic carbocycles. The number of halogens is 3. The largest absolute Gasteiger partial charge is 0.306 e. The summed E-state index contributed by atoms with van der Waals surface area (Å²) in [5, 5.41) is 3.44. The van der Waals surface area contributed by atoms with Crippen LogP contribution in [0.1, 0.15) is 23.6 Å². The second kappa shape index (κ2) is 6.46. The Balaban J connectivity index is 1.74. The van der Waals surface area contributed by atoms with Crippen LogP contribution >= 0.6 is 27.7 Å². The zero-order chi connectivity index (χ0) is 14.8. The minimum atomic E-state index is -0.264. The van der Waals surface area contributed by atoms with Gasteiger partial charge in [0.15, 0.2) is 0 Å². The number of nitrogens with one attached hydrogen (secondary N) is 1. The summed E-state index contributed by atoms with van der Waals surface area (Å²) in [6.45, 7) is 0.629. The number of rotatable bonds is 3. The van der Waals surface area contributed by atoms with Crippen molar-refractivity contribution in [3.8, 4) is 0 Å². The van der Waals surface area contributed by atoms with Crippen molar-refractivity contribution in [2.24, 2.45) is 0 Å². The topological polar surface area (TPSA) is 12.0 Å². The summed E-state index contributed by atoms with van der Waals surface area (Å²) in [5.41, 5.74) is 2.02. The maximum atomic E-state index is 13.4. The van der Waals surface area contributed by atoms with E-state index in [1.807, 2.05) is 6.07 Å². The zero-order valence-electron chi connectivity index (χ0n) is 11.2. The second-order valence-electron chi connectivity index (χ2n) is 5.00. The second-order valence-corrected chi connectivity index (χ2v) is 6.99. The summed E-state index contributed by atoms with van der Waals surface area (Å²) >= 11 is 4.96. The fourth-order valence-corrected chi connectivity index (χ4v) is 4.00. The molecule has 0 radical (unpaired) electrons. The van der Waals surface area contributed by atoms with Gasteiger partial charge in [0.2, 0.25) is 0 Å². The molecule has 1 aliphatic heterocycles. The molecule has 0 aliphatic carbocycles. The van der Waals surface area contributed by atoms with E-state index in [-0.39, 0.29) is 17.7 Å². The van der Waals surface area contributed by atoms with Gasteiger partial charge >= 0.3 is 0 Å². The molecule has 1 N–H and O–H groups in total. The zero-order valence-corrected chi connectivity index (χ0v) is 13.6. The monoisotopic (exact) mass is 369 g/mol. The van der Waals surface area contributed by atoms with E-state index in [9.17, 15) is 8.78 Å². The number of fused-ring (bicyclic) bond motifs is 1. The lowest BCUT2D eigenvalue weighted by molar-refractivity contribution is 0.504. The summed E-state index contributed by atoms with van der Waals surface area (Å²) in [6.07, 6.45) is 0.962. The molecule has 1 heterocycles. The molecule has 1 nitrogen and oxygen atoms in total. The van der Waals surface area contributed by atoms with E-state index in [2.05, 4.69) is 21.2 Å². The first-order valence-electron chi connectivity index (χ1n) is 6.73. The summed E-state index contributed by atoms with van der Waals surface area (Å²) < 4.78 is 27.1. The Hall–Kier alpha value is -0.910. The quantitative estimate of drug-likeness (QED) is 0.811. The Morgan fingerprint density at radius 1 is 1.19 bits per heavy atom. The smallest absolute Gasteiger partial charge is 0.137 e. The SMILES string of the molecule is Fc1ccc2c(c1)C(NCc1ccc(F)c(Br)c1)CCS2. The van der Waals surface area contributed by atoms with Gasteiger partial charge in [-0.3, -0.25) is 0 Å². The number of hydrogen-bond donors (Lipinski definition) is 1. The van der Waals surface area contributed by atoms with Crippen molar-refractivity contribution in [3.63, 3.8) is 0 Å². The van der Waals surface area contributed by atoms with Gasteiger partial charge in [0.05, 0.1) is 4.47 Å². The van der Waals surface area contributed by atoms with E-state index < -0.39 is 0 Å². The van der Waals surface area contributed by atoms with E-state index in [1.54, 1.807) is 30.0 Å². The van der Waals surface area contributed by atoms with Crippen LogP contribution in [-0.2, 0) is 6.54 Å². The third kappa shape index (κ3) is 3.47. The molecular formula is C16H14BrF2NS. The van der Waals surface area contributed by atoms with Crippen molar-refractivity contribution in [2.75, 3.05) is 5.75 Å². The number of thioether (sulfide) groups is 1. The van der Waals surface area contributed by atoms with Gasteiger partial charge in [-0.2, -0.15) is 0 Å². The van der Waals surface area contributed by atoms with Crippen LogP contribution in [0.25, 0.3) is 0 Å². The molecule has 1 unspecified atom stereocenters. The van der Waals surface area contributed by atoms with Crippen LogP contribution in [0.5, 0.6) is 0 Å². The van der Waals surface area contributed by atoms with E-state index in [0.717, 1.165) is 28.2 Å². The van der Waals surface area contributed by atoms with Gasteiger partial charge in [0.1, 0.15) is 11.6 Å². The molecule has 0 bridgehead atoms. The molecular weight excluding hydrogens is 356 g/mol. The third-order valence-corrected chi connectivity index (χ3v) is 5.28. The normalized spacial score (nSPS) is 17.6. The highest BCUT2D eigenvalue weighted by molar-refractivity contribution is 9.10. The van der Waals surface area contributed by atoms with Crippen molar-refractivity contribution in [3.05, 3.63) is 63.6 Å². The molecule has 5 heteroatoms. The van der Waals surface area contributed by atoms with Gasteiger partial charge in [0, 0.05) is 17.5 Å². The van der Waals surface area contributed by atoms with Gasteiger partial charge in [-0.1, -0.05) is 6.07 Å². The minimum absolute atomic E-state index is 0.140. The Bertz CT molecular complexity index is 663. The predicted octanol–water partition coefficient (Wildman–Crippen LogP) is 5.05. The molecule has 110 valence electrons. The minimum Gasteiger partial charge on any atom is -0.306 e. The molecule has 0 amide bonds. The average molecular weight is 370 g/mol. The fourth-order valence-electron chi connectivity index (χ4n) is 2.47. The van der Waals surface area contributed by atoms with Crippen LogP contribution in [0, 0.1) is 11.6 Å². The molecule has 0 spiro atoms. The van der Waals surface area contributed by atoms with Crippen LogP contribution in [-0.4, -0.2) is 5.75 Å². The molecule has 0 saturated heterocycles. The molecule has 0 saturated carbocycles. The Morgan fingerprint density at radius 2 is 2.05 bits per heavy atom. The van der Waals surface area contributed by atoms with Gasteiger partial charge in [-0.05, 0) is 69.6 Å². The molecule has 3 rings (SSSR count).